The van der Waals surface area contributed by atoms with Crippen molar-refractivity contribution in [1.82, 2.24) is 0 Å². The van der Waals surface area contributed by atoms with Crippen molar-refractivity contribution < 1.29 is 34.7 Å². The second kappa shape index (κ2) is 11.8. The minimum absolute atomic E-state index is 0.0380. The van der Waals surface area contributed by atoms with Gasteiger partial charge in [0.15, 0.2) is 23.0 Å². The zero-order valence-electron chi connectivity index (χ0n) is 19.1. The zero-order chi connectivity index (χ0) is 23.8. The highest BCUT2D eigenvalue weighted by molar-refractivity contribution is 5.79. The van der Waals surface area contributed by atoms with E-state index in [1.165, 1.54) is 25.7 Å². The predicted octanol–water partition coefficient (Wildman–Crippen LogP) is 4.41. The van der Waals surface area contributed by atoms with Crippen LogP contribution in [0.2, 0.25) is 0 Å². The van der Waals surface area contributed by atoms with E-state index in [4.69, 9.17) is 9.47 Å². The summed E-state index contributed by atoms with van der Waals surface area (Å²) < 4.78 is 11.0. The molecule has 0 saturated heterocycles. The Morgan fingerprint density at radius 2 is 1.70 bits per heavy atom. The molecule has 0 aliphatic heterocycles. The smallest absolute Gasteiger partial charge is 0.200 e. The maximum absolute atomic E-state index is 12.3. The fourth-order valence-corrected chi connectivity index (χ4v) is 4.21. The van der Waals surface area contributed by atoms with Gasteiger partial charge in [-0.3, -0.25) is 4.79 Å². The summed E-state index contributed by atoms with van der Waals surface area (Å²) in [6, 6.07) is 8.15. The summed E-state index contributed by atoms with van der Waals surface area (Å²) in [5, 5.41) is 40.2. The third-order valence-electron chi connectivity index (χ3n) is 6.13. The maximum atomic E-state index is 12.3. The van der Waals surface area contributed by atoms with Crippen LogP contribution in [0.3, 0.4) is 0 Å². The van der Waals surface area contributed by atoms with Crippen LogP contribution in [0.5, 0.6) is 28.7 Å². The van der Waals surface area contributed by atoms with Crippen LogP contribution in [0.4, 0.5) is 0 Å². The Balaban J connectivity index is 1.48. The predicted molar refractivity (Wildman–Crippen MR) is 124 cm³/mol. The van der Waals surface area contributed by atoms with Crippen molar-refractivity contribution in [1.29, 1.82) is 0 Å². The van der Waals surface area contributed by atoms with E-state index in [2.05, 4.69) is 0 Å². The highest BCUT2D eigenvalue weighted by Gasteiger charge is 2.19. The van der Waals surface area contributed by atoms with Crippen LogP contribution in [-0.2, 0) is 17.6 Å². The first kappa shape index (κ1) is 24.7. The van der Waals surface area contributed by atoms with E-state index in [9.17, 15) is 25.2 Å². The van der Waals surface area contributed by atoms with Crippen LogP contribution in [0.1, 0.15) is 62.5 Å². The van der Waals surface area contributed by atoms with Gasteiger partial charge in [0.05, 0.1) is 19.3 Å². The maximum Gasteiger partial charge on any atom is 0.200 e. The molecule has 0 spiro atoms. The van der Waals surface area contributed by atoms with Crippen LogP contribution in [0.25, 0.3) is 0 Å². The van der Waals surface area contributed by atoms with Crippen molar-refractivity contribution >= 4 is 5.78 Å². The average Bonchev–Trinajstić information content (AvgIpc) is 2.81. The van der Waals surface area contributed by atoms with Crippen LogP contribution in [-0.4, -0.2) is 45.5 Å². The first-order valence-corrected chi connectivity index (χ1v) is 11.6. The topological polar surface area (TPSA) is 116 Å². The Hall–Kier alpha value is -2.93. The Bertz CT molecular complexity index is 934. The van der Waals surface area contributed by atoms with Gasteiger partial charge >= 0.3 is 0 Å². The van der Waals surface area contributed by atoms with Gasteiger partial charge in [-0.1, -0.05) is 12.5 Å². The molecule has 1 fully saturated rings. The minimum atomic E-state index is -0.800. The lowest BCUT2D eigenvalue weighted by Gasteiger charge is -2.24. The summed E-state index contributed by atoms with van der Waals surface area (Å²) in [5.74, 6) is 0.134. The molecule has 180 valence electrons. The number of hydrogen-bond donors (Lipinski definition) is 4. The Morgan fingerprint density at radius 3 is 2.42 bits per heavy atom. The van der Waals surface area contributed by atoms with Crippen LogP contribution in [0.15, 0.2) is 30.3 Å². The monoisotopic (exact) mass is 458 g/mol. The first-order chi connectivity index (χ1) is 15.9. The number of aliphatic hydroxyl groups is 1. The lowest BCUT2D eigenvalue weighted by Crippen LogP contribution is -2.19. The van der Waals surface area contributed by atoms with Crippen LogP contribution in [0, 0.1) is 0 Å². The van der Waals surface area contributed by atoms with E-state index in [0.717, 1.165) is 36.8 Å². The summed E-state index contributed by atoms with van der Waals surface area (Å²) in [5.41, 5.74) is 1.61. The second-order valence-electron chi connectivity index (χ2n) is 8.78. The summed E-state index contributed by atoms with van der Waals surface area (Å²) in [4.78, 5) is 12.3. The lowest BCUT2D eigenvalue weighted by atomic mass is 9.97. The fraction of sp³-hybridized carbons (Fsp3) is 0.500. The fourth-order valence-electron chi connectivity index (χ4n) is 4.21. The number of aryl methyl sites for hydroxylation is 2. The number of phenols is 3. The van der Waals surface area contributed by atoms with Gasteiger partial charge in [0, 0.05) is 12.8 Å². The van der Waals surface area contributed by atoms with Crippen molar-refractivity contribution in [2.75, 3.05) is 7.11 Å². The van der Waals surface area contributed by atoms with E-state index in [-0.39, 0.29) is 47.7 Å². The molecule has 1 aliphatic rings. The Kier molecular flexibility index (Phi) is 8.83. The van der Waals surface area contributed by atoms with Gasteiger partial charge in [-0.05, 0) is 80.3 Å². The van der Waals surface area contributed by atoms with E-state index >= 15 is 0 Å². The van der Waals surface area contributed by atoms with Crippen molar-refractivity contribution in [2.24, 2.45) is 0 Å². The van der Waals surface area contributed by atoms with Gasteiger partial charge < -0.3 is 29.9 Å². The van der Waals surface area contributed by atoms with Gasteiger partial charge in [-0.25, -0.2) is 0 Å². The Morgan fingerprint density at radius 1 is 0.970 bits per heavy atom. The molecule has 4 N–H and O–H groups in total. The number of carbonyl (C=O) groups is 1. The lowest BCUT2D eigenvalue weighted by molar-refractivity contribution is -0.121. The quantitative estimate of drug-likeness (QED) is 0.369. The summed E-state index contributed by atoms with van der Waals surface area (Å²) in [6.45, 7) is 0. The molecular weight excluding hydrogens is 424 g/mol. The number of ketones is 1. The number of methoxy groups -OCH3 is 1. The van der Waals surface area contributed by atoms with E-state index in [1.807, 2.05) is 0 Å². The molecule has 7 heteroatoms. The molecule has 7 nitrogen and oxygen atoms in total. The molecule has 0 amide bonds. The number of aromatic hydroxyl groups is 3. The summed E-state index contributed by atoms with van der Waals surface area (Å²) >= 11 is 0. The number of phenolic OH excluding ortho intramolecular Hbond substituents is 3. The number of benzene rings is 2. The molecule has 1 aliphatic carbocycles. The number of rotatable bonds is 11. The standard InChI is InChI=1S/C26H34O7/c1-32-24-14-17(9-12-22(24)29)7-10-19(27)16-20(28)11-8-18-13-23(30)26(31)25(15-18)33-21-5-3-2-4-6-21/h9,12-15,20-21,28-31H,2-8,10-11,16H2,1H3/t20-/m1/s1. The number of carbonyl (C=O) groups excluding carboxylic acids is 1. The molecule has 0 radical (unpaired) electrons. The van der Waals surface area contributed by atoms with Gasteiger partial charge in [0.25, 0.3) is 0 Å². The van der Waals surface area contributed by atoms with Crippen LogP contribution < -0.4 is 9.47 Å². The average molecular weight is 459 g/mol. The molecule has 0 bridgehead atoms. The molecule has 2 aromatic rings. The highest BCUT2D eigenvalue weighted by Crippen LogP contribution is 2.39. The number of aliphatic hydroxyl groups excluding tert-OH is 1. The zero-order valence-corrected chi connectivity index (χ0v) is 19.1. The SMILES string of the molecule is COc1cc(CCC(=O)C[C@H](O)CCc2cc(O)c(O)c(OC3CCCCC3)c2)ccc1O. The largest absolute Gasteiger partial charge is 0.504 e. The first-order valence-electron chi connectivity index (χ1n) is 11.6. The molecule has 0 heterocycles. The highest BCUT2D eigenvalue weighted by atomic mass is 16.5. The van der Waals surface area contributed by atoms with Gasteiger partial charge in [-0.15, -0.1) is 0 Å². The molecule has 33 heavy (non-hydrogen) atoms. The molecule has 0 unspecified atom stereocenters. The molecule has 1 saturated carbocycles. The molecule has 0 aromatic heterocycles. The molecule has 2 aromatic carbocycles. The molecular formula is C26H34O7. The second-order valence-corrected chi connectivity index (χ2v) is 8.78. The van der Waals surface area contributed by atoms with Crippen molar-refractivity contribution in [3.05, 3.63) is 41.5 Å². The summed E-state index contributed by atoms with van der Waals surface area (Å²) in [6.07, 6.45) is 6.10. The van der Waals surface area contributed by atoms with E-state index in [0.29, 0.717) is 25.0 Å². The van der Waals surface area contributed by atoms with Gasteiger partial charge in [-0.2, -0.15) is 0 Å². The third-order valence-corrected chi connectivity index (χ3v) is 6.13. The van der Waals surface area contributed by atoms with Crippen molar-refractivity contribution in [3.63, 3.8) is 0 Å². The third kappa shape index (κ3) is 7.29. The van der Waals surface area contributed by atoms with Crippen molar-refractivity contribution in [2.45, 2.75) is 76.4 Å². The van der Waals surface area contributed by atoms with E-state index in [1.54, 1.807) is 18.2 Å². The van der Waals surface area contributed by atoms with E-state index < -0.39 is 6.10 Å². The number of hydrogen-bond acceptors (Lipinski definition) is 7. The summed E-state index contributed by atoms with van der Waals surface area (Å²) in [7, 11) is 1.47. The minimum Gasteiger partial charge on any atom is -0.504 e. The van der Waals surface area contributed by atoms with Gasteiger partial charge in [0.2, 0.25) is 5.75 Å². The van der Waals surface area contributed by atoms with Crippen molar-refractivity contribution in [3.8, 4) is 28.7 Å². The van der Waals surface area contributed by atoms with Crippen LogP contribution >= 0.6 is 0 Å². The number of ether oxygens (including phenoxy) is 2. The molecule has 1 atom stereocenters. The van der Waals surface area contributed by atoms with Gasteiger partial charge in [0.1, 0.15) is 5.78 Å². The Labute approximate surface area is 194 Å². The number of Topliss-reactive ketones (excluding diaryl/α,β-unsaturated/α-hetero) is 1. The normalized spacial score (nSPS) is 15.2. The molecule has 3 rings (SSSR count).